The Balaban J connectivity index is 1.10. The van der Waals surface area contributed by atoms with Crippen LogP contribution >= 0.6 is 0 Å². The van der Waals surface area contributed by atoms with Crippen molar-refractivity contribution < 1.29 is 4.42 Å². The zero-order valence-electron chi connectivity index (χ0n) is 30.1. The number of benzene rings is 8. The Morgan fingerprint density at radius 2 is 0.944 bits per heavy atom. The van der Waals surface area contributed by atoms with E-state index in [1.165, 1.54) is 27.6 Å². The smallest absolute Gasteiger partial charge is 0.227 e. The van der Waals surface area contributed by atoms with E-state index in [1.54, 1.807) is 0 Å². The lowest BCUT2D eigenvalue weighted by Crippen LogP contribution is -2.17. The van der Waals surface area contributed by atoms with Crippen molar-refractivity contribution in [2.75, 3.05) is 9.80 Å². The highest BCUT2D eigenvalue weighted by molar-refractivity contribution is 6.08. The summed E-state index contributed by atoms with van der Waals surface area (Å²) in [7, 11) is 0. The molecule has 1 aromatic heterocycles. The van der Waals surface area contributed by atoms with Gasteiger partial charge in [-0.05, 0) is 119 Å². The summed E-state index contributed by atoms with van der Waals surface area (Å²) in [4.78, 5) is 9.55. The van der Waals surface area contributed by atoms with Gasteiger partial charge < -0.3 is 14.2 Å². The van der Waals surface area contributed by atoms with Crippen LogP contribution in [0.1, 0.15) is 25.0 Å². The van der Waals surface area contributed by atoms with E-state index in [-0.39, 0.29) is 5.41 Å². The number of para-hydroxylation sites is 3. The van der Waals surface area contributed by atoms with E-state index in [0.717, 1.165) is 56.2 Å². The minimum Gasteiger partial charge on any atom is -0.435 e. The average molecular weight is 696 g/mol. The van der Waals surface area contributed by atoms with E-state index in [9.17, 15) is 0 Å². The predicted molar refractivity (Wildman–Crippen MR) is 224 cm³/mol. The van der Waals surface area contributed by atoms with Gasteiger partial charge in [0.1, 0.15) is 5.52 Å². The molecule has 4 nitrogen and oxygen atoms in total. The van der Waals surface area contributed by atoms with Crippen molar-refractivity contribution in [2.45, 2.75) is 19.3 Å². The normalized spacial score (nSPS) is 12.8. The third-order valence-electron chi connectivity index (χ3n) is 10.8. The molecule has 0 saturated carbocycles. The predicted octanol–water partition coefficient (Wildman–Crippen LogP) is 13.9. The lowest BCUT2D eigenvalue weighted by Gasteiger charge is -2.30. The second kappa shape index (κ2) is 12.6. The van der Waals surface area contributed by atoms with E-state index in [4.69, 9.17) is 9.40 Å². The molecule has 0 amide bonds. The third-order valence-corrected chi connectivity index (χ3v) is 10.8. The number of rotatable bonds is 7. The molecule has 54 heavy (non-hydrogen) atoms. The van der Waals surface area contributed by atoms with Gasteiger partial charge in [0.25, 0.3) is 0 Å². The van der Waals surface area contributed by atoms with Gasteiger partial charge in [-0.15, -0.1) is 0 Å². The summed E-state index contributed by atoms with van der Waals surface area (Å²) >= 11 is 0. The number of hydrogen-bond donors (Lipinski definition) is 0. The van der Waals surface area contributed by atoms with Crippen molar-refractivity contribution in [1.29, 1.82) is 0 Å². The molecule has 0 atom stereocenters. The van der Waals surface area contributed by atoms with Crippen molar-refractivity contribution in [3.8, 4) is 22.6 Å². The van der Waals surface area contributed by atoms with Crippen LogP contribution in [0, 0.1) is 0 Å². The van der Waals surface area contributed by atoms with Crippen LogP contribution < -0.4 is 9.80 Å². The van der Waals surface area contributed by atoms with Crippen molar-refractivity contribution in [3.63, 3.8) is 0 Å². The fourth-order valence-electron chi connectivity index (χ4n) is 8.35. The number of aromatic nitrogens is 1. The minimum absolute atomic E-state index is 0.266. The first-order valence-electron chi connectivity index (χ1n) is 18.5. The lowest BCUT2D eigenvalue weighted by atomic mass is 9.80. The van der Waals surface area contributed by atoms with E-state index in [2.05, 4.69) is 181 Å². The SMILES string of the molecule is CC1(C)c2cc(N(c3ccccc3)c3cccc(N(c4ccccc4)c4ccccc4)c3)ccc2-c2ccc3c(ccc4nc(-c5ccccc5)oc43)c21. The molecule has 0 bridgehead atoms. The lowest BCUT2D eigenvalue weighted by molar-refractivity contribution is 0.623. The van der Waals surface area contributed by atoms with Gasteiger partial charge in [-0.3, -0.25) is 0 Å². The fraction of sp³-hybridized carbons (Fsp3) is 0.0600. The van der Waals surface area contributed by atoms with Crippen molar-refractivity contribution in [1.82, 2.24) is 4.98 Å². The summed E-state index contributed by atoms with van der Waals surface area (Å²) in [5.41, 5.74) is 14.2. The van der Waals surface area contributed by atoms with E-state index in [0.29, 0.717) is 5.89 Å². The standard InChI is InChI=1S/C50H37N3O/c1-50(2)45-33-40(26-27-41(45)42-28-29-44-43(47(42)50)30-31-46-48(44)54-49(51-46)34-16-7-3-8-17-34)53(37-22-13-6-14-23-37)39-25-15-24-38(32-39)52(35-18-9-4-10-19-35)36-20-11-5-12-21-36/h3-33H,1-2H3. The third kappa shape index (κ3) is 5.18. The molecule has 8 aromatic carbocycles. The molecule has 1 aliphatic rings. The molecule has 0 saturated heterocycles. The molecule has 0 unspecified atom stereocenters. The van der Waals surface area contributed by atoms with Gasteiger partial charge >= 0.3 is 0 Å². The number of anilines is 6. The van der Waals surface area contributed by atoms with Crippen molar-refractivity contribution >= 4 is 56.0 Å². The van der Waals surface area contributed by atoms with Gasteiger partial charge in [0.05, 0.1) is 0 Å². The second-order valence-electron chi connectivity index (χ2n) is 14.4. The molecule has 1 aliphatic carbocycles. The van der Waals surface area contributed by atoms with Gasteiger partial charge in [0, 0.05) is 50.5 Å². The maximum Gasteiger partial charge on any atom is 0.227 e. The summed E-state index contributed by atoms with van der Waals surface area (Å²) in [6.07, 6.45) is 0. The molecule has 0 aliphatic heterocycles. The molecule has 0 fully saturated rings. The number of hydrogen-bond acceptors (Lipinski definition) is 4. The fourth-order valence-corrected chi connectivity index (χ4v) is 8.35. The van der Waals surface area contributed by atoms with Crippen LogP contribution in [0.5, 0.6) is 0 Å². The maximum absolute atomic E-state index is 6.48. The molecule has 10 rings (SSSR count). The molecule has 1 heterocycles. The minimum atomic E-state index is -0.266. The Morgan fingerprint density at radius 1 is 0.444 bits per heavy atom. The Labute approximate surface area is 315 Å². The van der Waals surface area contributed by atoms with Gasteiger partial charge in [0.2, 0.25) is 5.89 Å². The van der Waals surface area contributed by atoms with E-state index >= 15 is 0 Å². The van der Waals surface area contributed by atoms with Crippen LogP contribution in [-0.4, -0.2) is 4.98 Å². The first kappa shape index (κ1) is 31.8. The van der Waals surface area contributed by atoms with Crippen LogP contribution in [0.2, 0.25) is 0 Å². The second-order valence-corrected chi connectivity index (χ2v) is 14.4. The molecule has 4 heteroatoms. The number of nitrogens with zero attached hydrogens (tertiary/aromatic N) is 3. The first-order valence-corrected chi connectivity index (χ1v) is 18.5. The highest BCUT2D eigenvalue weighted by Gasteiger charge is 2.38. The Morgan fingerprint density at radius 3 is 1.56 bits per heavy atom. The summed E-state index contributed by atoms with van der Waals surface area (Å²) in [5, 5.41) is 2.29. The summed E-state index contributed by atoms with van der Waals surface area (Å²) < 4.78 is 6.48. The Bertz CT molecular complexity index is 2750. The number of fused-ring (bicyclic) bond motifs is 7. The van der Waals surface area contributed by atoms with Crippen LogP contribution in [-0.2, 0) is 5.41 Å². The summed E-state index contributed by atoms with van der Waals surface area (Å²) in [5.74, 6) is 0.645. The molecule has 9 aromatic rings. The topological polar surface area (TPSA) is 32.5 Å². The van der Waals surface area contributed by atoms with Crippen LogP contribution in [0.25, 0.3) is 44.5 Å². The molecule has 0 spiro atoms. The largest absolute Gasteiger partial charge is 0.435 e. The highest BCUT2D eigenvalue weighted by Crippen LogP contribution is 2.54. The summed E-state index contributed by atoms with van der Waals surface area (Å²) in [6, 6.07) is 66.6. The molecular formula is C50H37N3O. The summed E-state index contributed by atoms with van der Waals surface area (Å²) in [6.45, 7) is 4.71. The van der Waals surface area contributed by atoms with E-state index in [1.807, 2.05) is 30.3 Å². The van der Waals surface area contributed by atoms with Gasteiger partial charge in [-0.2, -0.15) is 0 Å². The van der Waals surface area contributed by atoms with Gasteiger partial charge in [-0.1, -0.05) is 111 Å². The average Bonchev–Trinajstić information content (AvgIpc) is 3.77. The zero-order chi connectivity index (χ0) is 36.2. The Kier molecular flexibility index (Phi) is 7.44. The quantitative estimate of drug-likeness (QED) is 0.166. The molecular weight excluding hydrogens is 659 g/mol. The molecule has 0 N–H and O–H groups in total. The first-order chi connectivity index (χ1) is 26.5. The van der Waals surface area contributed by atoms with E-state index < -0.39 is 0 Å². The van der Waals surface area contributed by atoms with Crippen LogP contribution in [0.15, 0.2) is 192 Å². The van der Waals surface area contributed by atoms with Crippen molar-refractivity contribution in [3.05, 3.63) is 199 Å². The van der Waals surface area contributed by atoms with Crippen LogP contribution in [0.4, 0.5) is 34.1 Å². The monoisotopic (exact) mass is 695 g/mol. The number of oxazole rings is 1. The van der Waals surface area contributed by atoms with Gasteiger partial charge in [0.15, 0.2) is 5.58 Å². The van der Waals surface area contributed by atoms with Gasteiger partial charge in [-0.25, -0.2) is 4.98 Å². The van der Waals surface area contributed by atoms with Crippen molar-refractivity contribution in [2.24, 2.45) is 0 Å². The zero-order valence-corrected chi connectivity index (χ0v) is 30.1. The molecule has 0 radical (unpaired) electrons. The maximum atomic E-state index is 6.48. The Hall–Kier alpha value is -6.91. The highest BCUT2D eigenvalue weighted by atomic mass is 16.3. The molecule has 258 valence electrons. The van der Waals surface area contributed by atoms with Crippen LogP contribution in [0.3, 0.4) is 0 Å².